The zero-order chi connectivity index (χ0) is 12.0. The van der Waals surface area contributed by atoms with E-state index in [-0.39, 0.29) is 0 Å². The second kappa shape index (κ2) is 4.24. The van der Waals surface area contributed by atoms with E-state index in [1.165, 1.54) is 51.5 Å². The Labute approximate surface area is 106 Å². The highest BCUT2D eigenvalue weighted by Gasteiger charge is 2.57. The van der Waals surface area contributed by atoms with Gasteiger partial charge >= 0.3 is 0 Å². The molecule has 98 valence electrons. The summed E-state index contributed by atoms with van der Waals surface area (Å²) < 4.78 is 0. The van der Waals surface area contributed by atoms with Gasteiger partial charge in [0, 0.05) is 12.6 Å². The molecule has 0 aromatic carbocycles. The van der Waals surface area contributed by atoms with Crippen molar-refractivity contribution in [3.05, 3.63) is 0 Å². The quantitative estimate of drug-likeness (QED) is 0.798. The molecule has 17 heavy (non-hydrogen) atoms. The lowest BCUT2D eigenvalue weighted by Gasteiger charge is -2.48. The van der Waals surface area contributed by atoms with Crippen LogP contribution in [0, 0.1) is 23.2 Å². The van der Waals surface area contributed by atoms with Crippen molar-refractivity contribution in [1.29, 1.82) is 0 Å². The van der Waals surface area contributed by atoms with Gasteiger partial charge in [-0.1, -0.05) is 6.42 Å². The van der Waals surface area contributed by atoms with E-state index in [0.29, 0.717) is 11.5 Å². The van der Waals surface area contributed by atoms with Gasteiger partial charge in [-0.3, -0.25) is 0 Å². The van der Waals surface area contributed by atoms with Crippen LogP contribution >= 0.6 is 0 Å². The van der Waals surface area contributed by atoms with Crippen molar-refractivity contribution in [1.82, 2.24) is 4.90 Å². The minimum atomic E-state index is 0.534. The molecule has 0 aliphatic heterocycles. The minimum absolute atomic E-state index is 0.534. The Morgan fingerprint density at radius 3 is 2.71 bits per heavy atom. The molecule has 3 aliphatic rings. The summed E-state index contributed by atoms with van der Waals surface area (Å²) in [6.07, 6.45) is 10.1. The topological polar surface area (TPSA) is 29.3 Å². The van der Waals surface area contributed by atoms with E-state index >= 15 is 0 Å². The normalized spacial score (nSPS) is 49.4. The molecule has 1 spiro atoms. The highest BCUT2D eigenvalue weighted by molar-refractivity contribution is 5.10. The standard InChI is InChI=1S/C15H28N2/c1-17(2)10-11-4-3-7-15(9-11)13-6-5-12(8-13)14(15)16/h11-14H,3-10,16H2,1-2H3/t11-,12?,13-,14-,15+/m0/s1. The molecule has 3 fully saturated rings. The van der Waals surface area contributed by atoms with Crippen LogP contribution < -0.4 is 5.73 Å². The Hall–Kier alpha value is -0.0800. The van der Waals surface area contributed by atoms with Crippen LogP contribution in [0.15, 0.2) is 0 Å². The summed E-state index contributed by atoms with van der Waals surface area (Å²) in [5.41, 5.74) is 7.17. The third kappa shape index (κ3) is 1.84. The van der Waals surface area contributed by atoms with E-state index in [9.17, 15) is 0 Å². The average molecular weight is 236 g/mol. The number of nitrogens with zero attached hydrogens (tertiary/aromatic N) is 1. The van der Waals surface area contributed by atoms with Crippen LogP contribution in [0.5, 0.6) is 0 Å². The van der Waals surface area contributed by atoms with Crippen molar-refractivity contribution in [2.45, 2.75) is 51.0 Å². The van der Waals surface area contributed by atoms with E-state index in [0.717, 1.165) is 17.8 Å². The third-order valence-corrected chi connectivity index (χ3v) is 6.00. The number of fused-ring (bicyclic) bond motifs is 3. The Balaban J connectivity index is 1.74. The lowest BCUT2D eigenvalue weighted by atomic mass is 9.59. The summed E-state index contributed by atoms with van der Waals surface area (Å²) in [6, 6.07) is 0.534. The lowest BCUT2D eigenvalue weighted by molar-refractivity contribution is 0.0407. The summed E-state index contributed by atoms with van der Waals surface area (Å²) in [7, 11) is 4.42. The van der Waals surface area contributed by atoms with Gasteiger partial charge in [0.15, 0.2) is 0 Å². The summed E-state index contributed by atoms with van der Waals surface area (Å²) in [5.74, 6) is 2.76. The van der Waals surface area contributed by atoms with Crippen molar-refractivity contribution in [2.24, 2.45) is 28.9 Å². The van der Waals surface area contributed by atoms with Crippen LogP contribution in [-0.2, 0) is 0 Å². The van der Waals surface area contributed by atoms with Crippen molar-refractivity contribution >= 4 is 0 Å². The second-order valence-electron chi connectivity index (χ2n) is 7.25. The number of rotatable bonds is 2. The predicted octanol–water partition coefficient (Wildman–Crippen LogP) is 2.48. The molecule has 2 bridgehead atoms. The van der Waals surface area contributed by atoms with E-state index < -0.39 is 0 Å². The molecule has 0 amide bonds. The summed E-state index contributed by atoms with van der Waals surface area (Å²) in [6.45, 7) is 1.27. The maximum Gasteiger partial charge on any atom is 0.0127 e. The molecule has 1 unspecified atom stereocenters. The van der Waals surface area contributed by atoms with Gasteiger partial charge in [-0.15, -0.1) is 0 Å². The van der Waals surface area contributed by atoms with Crippen molar-refractivity contribution in [3.63, 3.8) is 0 Å². The van der Waals surface area contributed by atoms with E-state index in [4.69, 9.17) is 5.73 Å². The first-order chi connectivity index (χ1) is 8.12. The molecule has 5 atom stereocenters. The van der Waals surface area contributed by atoms with Crippen LogP contribution in [0.3, 0.4) is 0 Å². The average Bonchev–Trinajstić information content (AvgIpc) is 2.83. The van der Waals surface area contributed by atoms with Gasteiger partial charge in [0.2, 0.25) is 0 Å². The molecule has 0 aromatic rings. The molecular weight excluding hydrogens is 208 g/mol. The van der Waals surface area contributed by atoms with Gasteiger partial charge in [0.25, 0.3) is 0 Å². The lowest BCUT2D eigenvalue weighted by Crippen LogP contribution is -2.49. The second-order valence-corrected chi connectivity index (χ2v) is 7.25. The molecule has 2 heteroatoms. The first kappa shape index (κ1) is 12.0. The molecule has 0 aromatic heterocycles. The maximum absolute atomic E-state index is 6.61. The predicted molar refractivity (Wildman–Crippen MR) is 71.8 cm³/mol. The fourth-order valence-electron chi connectivity index (χ4n) is 5.41. The molecule has 0 heterocycles. The highest BCUT2D eigenvalue weighted by Crippen LogP contribution is 2.61. The molecule has 2 N–H and O–H groups in total. The fourth-order valence-corrected chi connectivity index (χ4v) is 5.41. The molecule has 0 radical (unpaired) electrons. The molecule has 0 saturated heterocycles. The SMILES string of the molecule is CN(C)C[C@H]1CCC[C@@]2(C1)[C@H]1CCC(C1)[C@@H]2N. The van der Waals surface area contributed by atoms with Crippen molar-refractivity contribution < 1.29 is 0 Å². The van der Waals surface area contributed by atoms with Crippen LogP contribution in [0.1, 0.15) is 44.9 Å². The minimum Gasteiger partial charge on any atom is -0.327 e. The Morgan fingerprint density at radius 1 is 1.24 bits per heavy atom. The van der Waals surface area contributed by atoms with Crippen LogP contribution in [-0.4, -0.2) is 31.6 Å². The fraction of sp³-hybridized carbons (Fsp3) is 1.00. The molecule has 2 nitrogen and oxygen atoms in total. The monoisotopic (exact) mass is 236 g/mol. The van der Waals surface area contributed by atoms with Crippen LogP contribution in [0.25, 0.3) is 0 Å². The molecular formula is C15H28N2. The van der Waals surface area contributed by atoms with E-state index in [1.54, 1.807) is 0 Å². The highest BCUT2D eigenvalue weighted by atomic mass is 15.1. The first-order valence-electron chi connectivity index (χ1n) is 7.52. The van der Waals surface area contributed by atoms with Crippen molar-refractivity contribution in [2.75, 3.05) is 20.6 Å². The first-order valence-corrected chi connectivity index (χ1v) is 7.52. The van der Waals surface area contributed by atoms with Crippen molar-refractivity contribution in [3.8, 4) is 0 Å². The Morgan fingerprint density at radius 2 is 2.06 bits per heavy atom. The van der Waals surface area contributed by atoms with E-state index in [2.05, 4.69) is 19.0 Å². The van der Waals surface area contributed by atoms with Gasteiger partial charge in [-0.2, -0.15) is 0 Å². The Kier molecular flexibility index (Phi) is 2.99. The summed E-state index contributed by atoms with van der Waals surface area (Å²) >= 11 is 0. The van der Waals surface area contributed by atoms with Gasteiger partial charge in [0.1, 0.15) is 0 Å². The largest absolute Gasteiger partial charge is 0.327 e. The third-order valence-electron chi connectivity index (χ3n) is 6.00. The number of hydrogen-bond acceptors (Lipinski definition) is 2. The zero-order valence-corrected chi connectivity index (χ0v) is 11.5. The number of hydrogen-bond donors (Lipinski definition) is 1. The number of nitrogens with two attached hydrogens (primary N) is 1. The van der Waals surface area contributed by atoms with Crippen LogP contribution in [0.4, 0.5) is 0 Å². The van der Waals surface area contributed by atoms with Gasteiger partial charge < -0.3 is 10.6 Å². The zero-order valence-electron chi connectivity index (χ0n) is 11.5. The van der Waals surface area contributed by atoms with E-state index in [1.807, 2.05) is 0 Å². The summed E-state index contributed by atoms with van der Waals surface area (Å²) in [4.78, 5) is 2.36. The molecule has 3 rings (SSSR count). The maximum atomic E-state index is 6.61. The Bertz CT molecular complexity index is 285. The van der Waals surface area contributed by atoms with Gasteiger partial charge in [-0.05, 0) is 75.8 Å². The smallest absolute Gasteiger partial charge is 0.0127 e. The van der Waals surface area contributed by atoms with Crippen LogP contribution in [0.2, 0.25) is 0 Å². The molecule has 3 saturated carbocycles. The molecule has 3 aliphatic carbocycles. The van der Waals surface area contributed by atoms with Gasteiger partial charge in [0.05, 0.1) is 0 Å². The summed E-state index contributed by atoms with van der Waals surface area (Å²) in [5, 5.41) is 0. The van der Waals surface area contributed by atoms with Gasteiger partial charge in [-0.25, -0.2) is 0 Å².